The molecule has 8 nitrogen and oxygen atoms in total. The van der Waals surface area contributed by atoms with E-state index in [0.717, 1.165) is 25.7 Å². The SMILES string of the molecule is CC[C@@H]1CCCCN1C(=O)Cn1cnc2ccc([N+](=O)[O-])cc2c1=O. The zero-order valence-corrected chi connectivity index (χ0v) is 14.1. The molecular formula is C17H20N4O4. The fourth-order valence-corrected chi connectivity index (χ4v) is 3.36. The summed E-state index contributed by atoms with van der Waals surface area (Å²) in [6.45, 7) is 2.67. The number of likely N-dealkylation sites (tertiary alicyclic amines) is 1. The Morgan fingerprint density at radius 2 is 2.20 bits per heavy atom. The van der Waals surface area contributed by atoms with Crippen molar-refractivity contribution in [3.05, 3.63) is 45.0 Å². The van der Waals surface area contributed by atoms with Crippen molar-refractivity contribution in [3.63, 3.8) is 0 Å². The number of nitro groups is 1. The molecule has 1 aliphatic rings. The van der Waals surface area contributed by atoms with Crippen LogP contribution in [0.3, 0.4) is 0 Å². The monoisotopic (exact) mass is 344 g/mol. The fraction of sp³-hybridized carbons (Fsp3) is 0.471. The van der Waals surface area contributed by atoms with Crippen LogP contribution in [-0.2, 0) is 11.3 Å². The minimum Gasteiger partial charge on any atom is -0.338 e. The first-order valence-electron chi connectivity index (χ1n) is 8.44. The molecule has 132 valence electrons. The molecule has 1 aliphatic heterocycles. The molecule has 3 rings (SSSR count). The third-order valence-electron chi connectivity index (χ3n) is 4.74. The molecule has 1 atom stereocenters. The van der Waals surface area contributed by atoms with E-state index in [2.05, 4.69) is 11.9 Å². The maximum absolute atomic E-state index is 12.6. The van der Waals surface area contributed by atoms with Gasteiger partial charge in [0.05, 0.1) is 22.2 Å². The largest absolute Gasteiger partial charge is 0.338 e. The van der Waals surface area contributed by atoms with Gasteiger partial charge in [-0.25, -0.2) is 4.98 Å². The second kappa shape index (κ2) is 7.00. The summed E-state index contributed by atoms with van der Waals surface area (Å²) in [7, 11) is 0. The quantitative estimate of drug-likeness (QED) is 0.625. The molecule has 0 N–H and O–H groups in total. The van der Waals surface area contributed by atoms with E-state index in [-0.39, 0.29) is 29.6 Å². The first-order chi connectivity index (χ1) is 12.0. The molecule has 1 saturated heterocycles. The van der Waals surface area contributed by atoms with Gasteiger partial charge in [0.15, 0.2) is 0 Å². The number of piperidine rings is 1. The van der Waals surface area contributed by atoms with E-state index in [1.54, 1.807) is 0 Å². The smallest absolute Gasteiger partial charge is 0.270 e. The molecule has 1 aromatic heterocycles. The van der Waals surface area contributed by atoms with E-state index in [0.29, 0.717) is 12.1 Å². The first-order valence-corrected chi connectivity index (χ1v) is 8.44. The van der Waals surface area contributed by atoms with Gasteiger partial charge >= 0.3 is 0 Å². The highest BCUT2D eigenvalue weighted by Crippen LogP contribution is 2.20. The number of amides is 1. The Bertz CT molecular complexity index is 877. The Morgan fingerprint density at radius 1 is 1.40 bits per heavy atom. The van der Waals surface area contributed by atoms with Crippen molar-refractivity contribution in [3.8, 4) is 0 Å². The van der Waals surface area contributed by atoms with Gasteiger partial charge in [-0.1, -0.05) is 6.92 Å². The first kappa shape index (κ1) is 17.1. The van der Waals surface area contributed by atoms with Crippen molar-refractivity contribution < 1.29 is 9.72 Å². The summed E-state index contributed by atoms with van der Waals surface area (Å²) in [6.07, 6.45) is 5.30. The number of carbonyl (C=O) groups excluding carboxylic acids is 1. The second-order valence-corrected chi connectivity index (χ2v) is 6.28. The molecular weight excluding hydrogens is 324 g/mol. The Morgan fingerprint density at radius 3 is 2.92 bits per heavy atom. The van der Waals surface area contributed by atoms with Crippen LogP contribution in [0.4, 0.5) is 5.69 Å². The molecule has 1 aromatic carbocycles. The summed E-state index contributed by atoms with van der Waals surface area (Å²) in [5.74, 6) is -0.111. The van der Waals surface area contributed by atoms with Crippen molar-refractivity contribution in [2.45, 2.75) is 45.2 Å². The number of rotatable bonds is 4. The molecule has 0 saturated carbocycles. The van der Waals surface area contributed by atoms with Gasteiger partial charge < -0.3 is 4.90 Å². The average Bonchev–Trinajstić information content (AvgIpc) is 2.63. The van der Waals surface area contributed by atoms with Gasteiger partial charge in [0, 0.05) is 24.7 Å². The van der Waals surface area contributed by atoms with Crippen LogP contribution in [0, 0.1) is 10.1 Å². The van der Waals surface area contributed by atoms with Crippen LogP contribution in [0.15, 0.2) is 29.3 Å². The standard InChI is InChI=1S/C17H20N4O4/c1-2-12-5-3-4-8-20(12)16(22)10-19-11-18-15-7-6-13(21(24)25)9-14(15)17(19)23/h6-7,9,11-12H,2-5,8,10H2,1H3/t12-/m1/s1. The van der Waals surface area contributed by atoms with E-state index in [4.69, 9.17) is 0 Å². The normalized spacial score (nSPS) is 17.6. The highest BCUT2D eigenvalue weighted by atomic mass is 16.6. The third kappa shape index (κ3) is 3.38. The van der Waals surface area contributed by atoms with Crippen molar-refractivity contribution in [2.75, 3.05) is 6.54 Å². The zero-order chi connectivity index (χ0) is 18.0. The van der Waals surface area contributed by atoms with Gasteiger partial charge in [-0.05, 0) is 31.7 Å². The molecule has 0 unspecified atom stereocenters. The van der Waals surface area contributed by atoms with Crippen LogP contribution in [0.5, 0.6) is 0 Å². The van der Waals surface area contributed by atoms with Gasteiger partial charge in [-0.3, -0.25) is 24.3 Å². The predicted molar refractivity (Wildman–Crippen MR) is 92.3 cm³/mol. The molecule has 2 heterocycles. The average molecular weight is 344 g/mol. The molecule has 2 aromatic rings. The fourth-order valence-electron chi connectivity index (χ4n) is 3.36. The van der Waals surface area contributed by atoms with E-state index in [9.17, 15) is 19.7 Å². The van der Waals surface area contributed by atoms with Gasteiger partial charge in [-0.2, -0.15) is 0 Å². The minimum atomic E-state index is -0.555. The van der Waals surface area contributed by atoms with Crippen LogP contribution in [0.1, 0.15) is 32.6 Å². The summed E-state index contributed by atoms with van der Waals surface area (Å²) in [5, 5.41) is 11.1. The number of benzene rings is 1. The summed E-state index contributed by atoms with van der Waals surface area (Å²) in [4.78, 5) is 41.6. The molecule has 1 amide bonds. The lowest BCUT2D eigenvalue weighted by molar-refractivity contribution is -0.384. The van der Waals surface area contributed by atoms with Crippen LogP contribution >= 0.6 is 0 Å². The summed E-state index contributed by atoms with van der Waals surface area (Å²) in [6, 6.07) is 4.18. The van der Waals surface area contributed by atoms with Crippen molar-refractivity contribution in [1.29, 1.82) is 0 Å². The number of nitrogens with zero attached hydrogens (tertiary/aromatic N) is 4. The zero-order valence-electron chi connectivity index (χ0n) is 14.1. The Balaban J connectivity index is 1.90. The van der Waals surface area contributed by atoms with Crippen molar-refractivity contribution in [1.82, 2.24) is 14.5 Å². The lowest BCUT2D eigenvalue weighted by atomic mass is 10.00. The lowest BCUT2D eigenvalue weighted by Crippen LogP contribution is -2.45. The minimum absolute atomic E-state index is 0.0963. The van der Waals surface area contributed by atoms with E-state index in [1.807, 2.05) is 4.90 Å². The summed E-state index contributed by atoms with van der Waals surface area (Å²) < 4.78 is 1.23. The Labute approximate surface area is 144 Å². The molecule has 0 spiro atoms. The third-order valence-corrected chi connectivity index (χ3v) is 4.74. The van der Waals surface area contributed by atoms with Crippen molar-refractivity contribution >= 4 is 22.5 Å². The molecule has 0 bridgehead atoms. The number of nitro benzene ring substituents is 1. The molecule has 25 heavy (non-hydrogen) atoms. The number of hydrogen-bond donors (Lipinski definition) is 0. The number of non-ortho nitro benzene ring substituents is 1. The van der Waals surface area contributed by atoms with Crippen molar-refractivity contribution in [2.24, 2.45) is 0 Å². The van der Waals surface area contributed by atoms with Gasteiger partial charge in [0.25, 0.3) is 11.2 Å². The van der Waals surface area contributed by atoms with Crippen LogP contribution < -0.4 is 5.56 Å². The Kier molecular flexibility index (Phi) is 4.78. The highest BCUT2D eigenvalue weighted by molar-refractivity contribution is 5.81. The van der Waals surface area contributed by atoms with E-state index in [1.165, 1.54) is 29.1 Å². The topological polar surface area (TPSA) is 98.3 Å². The number of hydrogen-bond acceptors (Lipinski definition) is 5. The van der Waals surface area contributed by atoms with Crippen LogP contribution in [0.2, 0.25) is 0 Å². The molecule has 8 heteroatoms. The number of aromatic nitrogens is 2. The highest BCUT2D eigenvalue weighted by Gasteiger charge is 2.25. The van der Waals surface area contributed by atoms with Gasteiger partial charge in [0.1, 0.15) is 6.54 Å². The summed E-state index contributed by atoms with van der Waals surface area (Å²) >= 11 is 0. The van der Waals surface area contributed by atoms with Crippen LogP contribution in [-0.4, -0.2) is 37.9 Å². The molecule has 0 radical (unpaired) electrons. The molecule has 1 fully saturated rings. The summed E-state index contributed by atoms with van der Waals surface area (Å²) in [5.41, 5.74) is -0.228. The lowest BCUT2D eigenvalue weighted by Gasteiger charge is -2.35. The Hall–Kier alpha value is -2.77. The van der Waals surface area contributed by atoms with E-state index < -0.39 is 10.5 Å². The predicted octanol–water partition coefficient (Wildman–Crippen LogP) is 2.10. The van der Waals surface area contributed by atoms with E-state index >= 15 is 0 Å². The number of fused-ring (bicyclic) bond motifs is 1. The number of carbonyl (C=O) groups is 1. The van der Waals surface area contributed by atoms with Gasteiger partial charge in [-0.15, -0.1) is 0 Å². The molecule has 0 aliphatic carbocycles. The maximum atomic E-state index is 12.6. The second-order valence-electron chi connectivity index (χ2n) is 6.28. The van der Waals surface area contributed by atoms with Gasteiger partial charge in [0.2, 0.25) is 5.91 Å². The maximum Gasteiger partial charge on any atom is 0.270 e. The van der Waals surface area contributed by atoms with Crippen LogP contribution in [0.25, 0.3) is 10.9 Å².